The summed E-state index contributed by atoms with van der Waals surface area (Å²) in [4.78, 5) is 11.2. The molecule has 1 atom stereocenters. The summed E-state index contributed by atoms with van der Waals surface area (Å²) in [6.07, 6.45) is 0. The molecule has 5 N–H and O–H groups in total. The first-order chi connectivity index (χ1) is 8.40. The number of sulfonamides is 1. The van der Waals surface area contributed by atoms with Crippen LogP contribution >= 0.6 is 0 Å². The molecule has 0 bridgehead atoms. The Morgan fingerprint density at radius 2 is 1.94 bits per heavy atom. The minimum absolute atomic E-state index is 0.0253. The summed E-state index contributed by atoms with van der Waals surface area (Å²) in [6.45, 7) is 1.56. The van der Waals surface area contributed by atoms with Crippen molar-refractivity contribution in [1.82, 2.24) is 10.2 Å². The van der Waals surface area contributed by atoms with Crippen LogP contribution in [0.2, 0.25) is 0 Å². The van der Waals surface area contributed by atoms with Gasteiger partial charge in [0, 0.05) is 6.54 Å². The molecule has 1 rings (SSSR count). The van der Waals surface area contributed by atoms with Gasteiger partial charge in [-0.25, -0.2) is 13.9 Å². The third-order valence-electron chi connectivity index (χ3n) is 2.29. The molecule has 0 aliphatic carbocycles. The van der Waals surface area contributed by atoms with Crippen LogP contribution in [0.3, 0.4) is 0 Å². The van der Waals surface area contributed by atoms with Crippen LogP contribution in [-0.2, 0) is 14.8 Å². The number of amides is 1. The number of carbonyl (C=O) groups is 1. The van der Waals surface area contributed by atoms with E-state index in [4.69, 9.17) is 10.9 Å². The van der Waals surface area contributed by atoms with Gasteiger partial charge in [-0.1, -0.05) is 17.7 Å². The van der Waals surface area contributed by atoms with Crippen LogP contribution in [0.4, 0.5) is 0 Å². The lowest BCUT2D eigenvalue weighted by Gasteiger charge is -2.14. The molecule has 0 unspecified atom stereocenters. The Morgan fingerprint density at radius 3 is 2.39 bits per heavy atom. The fourth-order valence-corrected chi connectivity index (χ4v) is 2.47. The smallest absolute Gasteiger partial charge is 0.262 e. The van der Waals surface area contributed by atoms with Crippen molar-refractivity contribution in [3.8, 4) is 0 Å². The lowest BCUT2D eigenvalue weighted by Crippen LogP contribution is -2.49. The SMILES string of the molecule is Cc1ccc(S(=O)(=O)N[C@@H](CN)C(=O)NO)cc1. The van der Waals surface area contributed by atoms with Crippen molar-refractivity contribution in [2.24, 2.45) is 5.73 Å². The largest absolute Gasteiger partial charge is 0.328 e. The number of hydrogen-bond donors (Lipinski definition) is 4. The first kappa shape index (κ1) is 14.6. The van der Waals surface area contributed by atoms with Crippen LogP contribution in [0.15, 0.2) is 29.2 Å². The maximum Gasteiger partial charge on any atom is 0.262 e. The lowest BCUT2D eigenvalue weighted by molar-refractivity contribution is -0.130. The number of benzene rings is 1. The summed E-state index contributed by atoms with van der Waals surface area (Å²) < 4.78 is 25.9. The Labute approximate surface area is 105 Å². The first-order valence-corrected chi connectivity index (χ1v) is 6.62. The number of nitrogens with two attached hydrogens (primary N) is 1. The second-order valence-electron chi connectivity index (χ2n) is 3.70. The Morgan fingerprint density at radius 1 is 1.39 bits per heavy atom. The second kappa shape index (κ2) is 5.91. The van der Waals surface area contributed by atoms with Crippen molar-refractivity contribution >= 4 is 15.9 Å². The van der Waals surface area contributed by atoms with Crippen LogP contribution in [0, 0.1) is 6.92 Å². The molecular formula is C10H15N3O4S. The number of hydrogen-bond acceptors (Lipinski definition) is 5. The van der Waals surface area contributed by atoms with Crippen molar-refractivity contribution in [3.63, 3.8) is 0 Å². The number of aryl methyl sites for hydroxylation is 1. The summed E-state index contributed by atoms with van der Waals surface area (Å²) in [7, 11) is -3.85. The normalized spacial score (nSPS) is 13.1. The van der Waals surface area contributed by atoms with Crippen molar-refractivity contribution in [2.45, 2.75) is 17.9 Å². The summed E-state index contributed by atoms with van der Waals surface area (Å²) in [5, 5.41) is 8.45. The van der Waals surface area contributed by atoms with Gasteiger partial charge in [0.25, 0.3) is 5.91 Å². The average molecular weight is 273 g/mol. The molecule has 0 aliphatic heterocycles. The molecular weight excluding hydrogens is 258 g/mol. The highest BCUT2D eigenvalue weighted by molar-refractivity contribution is 7.89. The molecule has 1 aromatic rings. The molecule has 0 aliphatic rings. The Kier molecular flexibility index (Phi) is 4.79. The van der Waals surface area contributed by atoms with E-state index in [0.29, 0.717) is 0 Å². The summed E-state index contributed by atoms with van der Waals surface area (Å²) >= 11 is 0. The van der Waals surface area contributed by atoms with Crippen LogP contribution in [0.5, 0.6) is 0 Å². The van der Waals surface area contributed by atoms with Crippen molar-refractivity contribution in [3.05, 3.63) is 29.8 Å². The zero-order valence-corrected chi connectivity index (χ0v) is 10.6. The fraction of sp³-hybridized carbons (Fsp3) is 0.300. The van der Waals surface area contributed by atoms with Crippen LogP contribution in [0.25, 0.3) is 0 Å². The number of nitrogens with one attached hydrogen (secondary N) is 2. The minimum atomic E-state index is -3.85. The molecule has 18 heavy (non-hydrogen) atoms. The van der Waals surface area contributed by atoms with Crippen LogP contribution < -0.4 is 15.9 Å². The Hall–Kier alpha value is -1.48. The third-order valence-corrected chi connectivity index (χ3v) is 3.78. The molecule has 100 valence electrons. The van der Waals surface area contributed by atoms with Gasteiger partial charge in [-0.2, -0.15) is 4.72 Å². The maximum absolute atomic E-state index is 11.9. The van der Waals surface area contributed by atoms with E-state index in [0.717, 1.165) is 5.56 Å². The number of hydroxylamine groups is 1. The molecule has 0 radical (unpaired) electrons. The zero-order valence-electron chi connectivity index (χ0n) is 9.75. The van der Waals surface area contributed by atoms with E-state index < -0.39 is 22.0 Å². The molecule has 0 saturated carbocycles. The van der Waals surface area contributed by atoms with E-state index >= 15 is 0 Å². The van der Waals surface area contributed by atoms with Gasteiger partial charge in [0.1, 0.15) is 6.04 Å². The highest BCUT2D eigenvalue weighted by Crippen LogP contribution is 2.10. The van der Waals surface area contributed by atoms with E-state index in [9.17, 15) is 13.2 Å². The monoisotopic (exact) mass is 273 g/mol. The Balaban J connectivity index is 2.94. The highest BCUT2D eigenvalue weighted by Gasteiger charge is 2.24. The van der Waals surface area contributed by atoms with Gasteiger partial charge in [-0.3, -0.25) is 10.0 Å². The molecule has 1 amide bonds. The average Bonchev–Trinajstić information content (AvgIpc) is 2.35. The molecule has 7 nitrogen and oxygen atoms in total. The molecule has 0 aromatic heterocycles. The van der Waals surface area contributed by atoms with E-state index in [1.165, 1.54) is 17.6 Å². The third kappa shape index (κ3) is 3.50. The number of rotatable bonds is 5. The van der Waals surface area contributed by atoms with Crippen molar-refractivity contribution < 1.29 is 18.4 Å². The van der Waals surface area contributed by atoms with E-state index in [2.05, 4.69) is 4.72 Å². The zero-order chi connectivity index (χ0) is 13.8. The van der Waals surface area contributed by atoms with Gasteiger partial charge < -0.3 is 5.73 Å². The van der Waals surface area contributed by atoms with Crippen LogP contribution in [0.1, 0.15) is 5.56 Å². The summed E-state index contributed by atoms with van der Waals surface area (Å²) in [5.74, 6) is -0.909. The molecule has 1 aromatic carbocycles. The van der Waals surface area contributed by atoms with E-state index in [1.807, 2.05) is 6.92 Å². The van der Waals surface area contributed by atoms with Gasteiger partial charge in [0.2, 0.25) is 10.0 Å². The molecule has 8 heteroatoms. The van der Waals surface area contributed by atoms with Gasteiger partial charge in [-0.05, 0) is 19.1 Å². The number of carbonyl (C=O) groups excluding carboxylic acids is 1. The topological polar surface area (TPSA) is 122 Å². The first-order valence-electron chi connectivity index (χ1n) is 5.13. The fourth-order valence-electron chi connectivity index (χ4n) is 1.26. The summed E-state index contributed by atoms with van der Waals surface area (Å²) in [5.41, 5.74) is 7.53. The molecule has 0 spiro atoms. The second-order valence-corrected chi connectivity index (χ2v) is 5.41. The predicted octanol–water partition coefficient (Wildman–Crippen LogP) is -0.894. The Bertz CT molecular complexity index is 512. The van der Waals surface area contributed by atoms with Gasteiger partial charge in [-0.15, -0.1) is 0 Å². The molecule has 0 saturated heterocycles. The summed E-state index contributed by atoms with van der Waals surface area (Å²) in [6, 6.07) is 4.89. The van der Waals surface area contributed by atoms with Crippen molar-refractivity contribution in [1.29, 1.82) is 0 Å². The van der Waals surface area contributed by atoms with E-state index in [-0.39, 0.29) is 11.4 Å². The van der Waals surface area contributed by atoms with Gasteiger partial charge in [0.15, 0.2) is 0 Å². The highest BCUT2D eigenvalue weighted by atomic mass is 32.2. The van der Waals surface area contributed by atoms with Gasteiger partial charge in [0.05, 0.1) is 4.90 Å². The van der Waals surface area contributed by atoms with Crippen molar-refractivity contribution in [2.75, 3.05) is 6.54 Å². The quantitative estimate of drug-likeness (QED) is 0.409. The predicted molar refractivity (Wildman–Crippen MR) is 64.3 cm³/mol. The van der Waals surface area contributed by atoms with E-state index in [1.54, 1.807) is 12.1 Å². The van der Waals surface area contributed by atoms with Gasteiger partial charge >= 0.3 is 0 Å². The standard InChI is InChI=1S/C10H15N3O4S/c1-7-2-4-8(5-3-7)18(16,17)13-9(6-11)10(14)12-15/h2-5,9,13,15H,6,11H2,1H3,(H,12,14)/t9-/m0/s1. The maximum atomic E-state index is 11.9. The molecule has 0 heterocycles. The molecule has 0 fully saturated rings. The van der Waals surface area contributed by atoms with Crippen LogP contribution in [-0.4, -0.2) is 32.1 Å². The lowest BCUT2D eigenvalue weighted by atomic mass is 10.2. The minimum Gasteiger partial charge on any atom is -0.328 e.